The van der Waals surface area contributed by atoms with Crippen molar-refractivity contribution in [3.63, 3.8) is 0 Å². The highest BCUT2D eigenvalue weighted by molar-refractivity contribution is 6.32. The van der Waals surface area contributed by atoms with Gasteiger partial charge in [0, 0.05) is 36.3 Å². The van der Waals surface area contributed by atoms with Crippen molar-refractivity contribution in [2.24, 2.45) is 11.8 Å². The van der Waals surface area contributed by atoms with Crippen LogP contribution < -0.4 is 29.6 Å². The highest BCUT2D eigenvalue weighted by atomic mass is 35.5. The van der Waals surface area contributed by atoms with Crippen LogP contribution in [0.25, 0.3) is 11.1 Å². The number of aromatic nitrogens is 2. The van der Waals surface area contributed by atoms with E-state index in [4.69, 9.17) is 42.1 Å². The minimum absolute atomic E-state index is 0.132. The van der Waals surface area contributed by atoms with Crippen molar-refractivity contribution in [2.45, 2.75) is 104 Å². The third-order valence-corrected chi connectivity index (χ3v) is 12.1. The maximum Gasteiger partial charge on any atom is 0.308 e. The van der Waals surface area contributed by atoms with Gasteiger partial charge in [0.25, 0.3) is 0 Å². The fraction of sp³-hybridized carbons (Fsp3) is 0.455. The van der Waals surface area contributed by atoms with Crippen molar-refractivity contribution in [3.8, 4) is 34.6 Å². The summed E-state index contributed by atoms with van der Waals surface area (Å²) in [5, 5.41) is 26.8. The minimum atomic E-state index is -0.776. The fourth-order valence-electron chi connectivity index (χ4n) is 8.18. The summed E-state index contributed by atoms with van der Waals surface area (Å²) in [5.41, 5.74) is 7.51. The number of nitrogens with zero attached hydrogens (tertiary/aromatic N) is 2. The van der Waals surface area contributed by atoms with E-state index in [9.17, 15) is 19.8 Å². The first-order chi connectivity index (χ1) is 28.0. The minimum Gasteiger partial charge on any atom is -0.481 e. The molecular formula is C44H52Cl2N4O8. The first-order valence-electron chi connectivity index (χ1n) is 19.8. The maximum absolute atomic E-state index is 11.8. The molecule has 0 amide bonds. The van der Waals surface area contributed by atoms with Crippen molar-refractivity contribution >= 4 is 35.1 Å². The number of carboxylic acids is 2. The molecule has 4 aromatic rings. The van der Waals surface area contributed by atoms with Gasteiger partial charge < -0.3 is 39.8 Å². The molecule has 2 saturated carbocycles. The lowest BCUT2D eigenvalue weighted by atomic mass is 9.84. The summed E-state index contributed by atoms with van der Waals surface area (Å²) in [5.74, 6) is -1.19. The Morgan fingerprint density at radius 3 is 1.41 bits per heavy atom. The third kappa shape index (κ3) is 10.1. The Bertz CT molecular complexity index is 1950. The van der Waals surface area contributed by atoms with E-state index in [2.05, 4.69) is 46.6 Å². The van der Waals surface area contributed by atoms with Crippen LogP contribution in [0.2, 0.25) is 10.0 Å². The van der Waals surface area contributed by atoms with Gasteiger partial charge in [0.2, 0.25) is 23.5 Å². The normalized spacial score (nSPS) is 19.3. The number of carbonyl (C=O) groups is 2. The summed E-state index contributed by atoms with van der Waals surface area (Å²) in [6, 6.07) is 15.4. The molecule has 1 unspecified atom stereocenters. The largest absolute Gasteiger partial charge is 0.481 e. The molecule has 2 aromatic heterocycles. The number of benzene rings is 2. The van der Waals surface area contributed by atoms with Crippen LogP contribution in [0.4, 0.5) is 0 Å². The molecule has 4 N–H and O–H groups in total. The van der Waals surface area contributed by atoms with Crippen molar-refractivity contribution < 1.29 is 38.7 Å². The highest BCUT2D eigenvalue weighted by Gasteiger charge is 2.32. The van der Waals surface area contributed by atoms with Crippen molar-refractivity contribution in [3.05, 3.63) is 92.0 Å². The van der Waals surface area contributed by atoms with Gasteiger partial charge in [0.1, 0.15) is 23.3 Å². The van der Waals surface area contributed by atoms with Gasteiger partial charge in [0.05, 0.1) is 26.1 Å². The van der Waals surface area contributed by atoms with E-state index in [0.29, 0.717) is 47.7 Å². The molecule has 14 heteroatoms. The van der Waals surface area contributed by atoms with E-state index in [-0.39, 0.29) is 37.1 Å². The third-order valence-electron chi connectivity index (χ3n) is 11.5. The molecule has 2 aromatic carbocycles. The van der Waals surface area contributed by atoms with Gasteiger partial charge in [-0.25, -0.2) is 0 Å². The quantitative estimate of drug-likeness (QED) is 0.0802. The van der Waals surface area contributed by atoms with Crippen LogP contribution in [0.3, 0.4) is 0 Å². The Morgan fingerprint density at radius 2 is 1.03 bits per heavy atom. The lowest BCUT2D eigenvalue weighted by molar-refractivity contribution is -0.144. The molecule has 2 fully saturated rings. The molecule has 12 nitrogen and oxygen atoms in total. The summed E-state index contributed by atoms with van der Waals surface area (Å²) >= 11 is 13.4. The maximum atomic E-state index is 11.8. The van der Waals surface area contributed by atoms with Crippen LogP contribution >= 0.6 is 23.2 Å². The average molecular weight is 836 g/mol. The van der Waals surface area contributed by atoms with E-state index in [0.717, 1.165) is 83.0 Å². The molecule has 0 saturated heterocycles. The number of halogens is 2. The molecule has 2 aliphatic rings. The van der Waals surface area contributed by atoms with E-state index < -0.39 is 23.8 Å². The van der Waals surface area contributed by atoms with E-state index in [1.54, 1.807) is 12.1 Å². The molecule has 0 aliphatic heterocycles. The number of aliphatic carboxylic acids is 2. The van der Waals surface area contributed by atoms with Crippen LogP contribution in [0.5, 0.6) is 23.5 Å². The fourth-order valence-corrected chi connectivity index (χ4v) is 8.63. The van der Waals surface area contributed by atoms with Gasteiger partial charge in [-0.2, -0.15) is 9.97 Å². The van der Waals surface area contributed by atoms with Crippen molar-refractivity contribution in [2.75, 3.05) is 14.2 Å². The van der Waals surface area contributed by atoms with Crippen LogP contribution in [0.15, 0.2) is 48.5 Å². The summed E-state index contributed by atoms with van der Waals surface area (Å²) in [6.07, 6.45) is 6.74. The first-order valence-corrected chi connectivity index (χ1v) is 20.6. The molecule has 310 valence electrons. The van der Waals surface area contributed by atoms with Crippen LogP contribution in [0, 0.1) is 25.7 Å². The SMILES string of the molecule is COc1nc(OCc2cccc(-c3cccc(COc4nc(OC)c(CN[C@@H]5CCCCC5C(=O)O)cc4Cl)c3C)c2C)c(Cl)cc1CN[C@H]1CCCC[C@H]1C(=O)O. The molecular weight excluding hydrogens is 783 g/mol. The number of ether oxygens (including phenoxy) is 4. The van der Waals surface area contributed by atoms with Gasteiger partial charge in [-0.05, 0) is 85.0 Å². The smallest absolute Gasteiger partial charge is 0.308 e. The van der Waals surface area contributed by atoms with Crippen molar-refractivity contribution in [1.29, 1.82) is 0 Å². The summed E-state index contributed by atoms with van der Waals surface area (Å²) in [4.78, 5) is 32.7. The predicted octanol–water partition coefficient (Wildman–Crippen LogP) is 8.71. The van der Waals surface area contributed by atoms with E-state index in [1.807, 2.05) is 24.3 Å². The topological polar surface area (TPSA) is 161 Å². The second-order valence-corrected chi connectivity index (χ2v) is 15.9. The van der Waals surface area contributed by atoms with Crippen LogP contribution in [-0.4, -0.2) is 58.4 Å². The lowest BCUT2D eigenvalue weighted by Gasteiger charge is -2.29. The van der Waals surface area contributed by atoms with Crippen molar-refractivity contribution in [1.82, 2.24) is 20.6 Å². The van der Waals surface area contributed by atoms with Gasteiger partial charge in [-0.1, -0.05) is 85.3 Å². The van der Waals surface area contributed by atoms with Crippen LogP contribution in [-0.2, 0) is 35.9 Å². The number of carboxylic acid groups (broad SMARTS) is 2. The summed E-state index contributed by atoms with van der Waals surface area (Å²) < 4.78 is 23.5. The zero-order valence-corrected chi connectivity index (χ0v) is 34.9. The number of pyridine rings is 2. The Labute approximate surface area is 349 Å². The predicted molar refractivity (Wildman–Crippen MR) is 222 cm³/mol. The molecule has 2 aliphatic carbocycles. The van der Waals surface area contributed by atoms with Gasteiger partial charge in [-0.3, -0.25) is 9.59 Å². The second-order valence-electron chi connectivity index (χ2n) is 15.1. The molecule has 0 bridgehead atoms. The molecule has 0 spiro atoms. The number of hydrogen-bond donors (Lipinski definition) is 4. The zero-order valence-electron chi connectivity index (χ0n) is 33.4. The summed E-state index contributed by atoms with van der Waals surface area (Å²) in [6.45, 7) is 5.29. The molecule has 2 heterocycles. The average Bonchev–Trinajstić information content (AvgIpc) is 3.22. The lowest BCUT2D eigenvalue weighted by Crippen LogP contribution is -2.41. The van der Waals surface area contributed by atoms with Gasteiger partial charge in [0.15, 0.2) is 0 Å². The Kier molecular flexibility index (Phi) is 14.7. The molecule has 6 rings (SSSR count). The summed E-state index contributed by atoms with van der Waals surface area (Å²) in [7, 11) is 3.07. The van der Waals surface area contributed by atoms with Gasteiger partial charge >= 0.3 is 11.9 Å². The van der Waals surface area contributed by atoms with E-state index in [1.165, 1.54) is 14.2 Å². The molecule has 4 atom stereocenters. The monoisotopic (exact) mass is 834 g/mol. The van der Waals surface area contributed by atoms with Gasteiger partial charge in [-0.15, -0.1) is 0 Å². The Hall–Kier alpha value is -4.62. The zero-order chi connectivity index (χ0) is 41.3. The number of hydrogen-bond acceptors (Lipinski definition) is 10. The second kappa shape index (κ2) is 19.9. The number of nitrogens with one attached hydrogen (secondary N) is 2. The first kappa shape index (κ1) is 43.0. The number of methoxy groups -OCH3 is 2. The van der Waals surface area contributed by atoms with E-state index >= 15 is 0 Å². The highest BCUT2D eigenvalue weighted by Crippen LogP contribution is 2.35. The number of rotatable bonds is 17. The van der Waals surface area contributed by atoms with Crippen LogP contribution in [0.1, 0.15) is 84.7 Å². The molecule has 58 heavy (non-hydrogen) atoms. The Morgan fingerprint density at radius 1 is 0.638 bits per heavy atom. The Balaban J connectivity index is 1.11. The standard InChI is InChI=1S/C44H52Cl2N4O8/c1-25-27(23-57-41-35(45)19-29(39(49-41)55-3)21-47-37-17-7-5-13-33(37)43(51)52)11-9-15-31(25)32-16-10-12-28(26(32)2)24-58-42-36(46)20-30(40(50-42)56-4)22-48-38-18-8-6-14-34(38)44(53)54/h9-12,15-16,19-20,33-34,37-38,47-48H,5-8,13-14,17-18,21-24H2,1-4H3,(H,51,52)(H,53,54)/t33-,34?,37+,38-/m1/s1. The molecule has 0 radical (unpaired) electrons.